The largest absolute Gasteiger partial charge is 0.458 e. The van der Waals surface area contributed by atoms with Crippen LogP contribution < -0.4 is 16.1 Å². The maximum absolute atomic E-state index is 11.9. The van der Waals surface area contributed by atoms with Crippen molar-refractivity contribution in [3.63, 3.8) is 0 Å². The van der Waals surface area contributed by atoms with Gasteiger partial charge in [0.25, 0.3) is 0 Å². The number of carbonyl (C=O) groups excluding carboxylic acids is 3. The van der Waals surface area contributed by atoms with E-state index >= 15 is 0 Å². The Morgan fingerprint density at radius 2 is 1.79 bits per heavy atom. The molecule has 0 aliphatic rings. The summed E-state index contributed by atoms with van der Waals surface area (Å²) in [6.07, 6.45) is 1.33. The van der Waals surface area contributed by atoms with Gasteiger partial charge in [0.1, 0.15) is 11.5 Å². The van der Waals surface area contributed by atoms with Gasteiger partial charge >= 0.3 is 11.8 Å². The van der Waals surface area contributed by atoms with Crippen LogP contribution in [0.3, 0.4) is 0 Å². The summed E-state index contributed by atoms with van der Waals surface area (Å²) < 4.78 is 5.42. The van der Waals surface area contributed by atoms with Crippen molar-refractivity contribution in [2.45, 2.75) is 20.4 Å². The Morgan fingerprint density at radius 1 is 1.11 bits per heavy atom. The highest BCUT2D eigenvalue weighted by Gasteiger charge is 2.15. The number of nitrogens with one attached hydrogen (secondary N) is 3. The molecule has 3 amide bonds. The first-order valence-electron chi connectivity index (χ1n) is 8.21. The van der Waals surface area contributed by atoms with Crippen LogP contribution in [0.1, 0.15) is 25.4 Å². The summed E-state index contributed by atoms with van der Waals surface area (Å²) in [5.41, 5.74) is 2.67. The number of hydrazone groups is 1. The average Bonchev–Trinajstić information content (AvgIpc) is 3.06. The molecule has 0 unspecified atom stereocenters. The van der Waals surface area contributed by atoms with Crippen molar-refractivity contribution in [3.05, 3.63) is 51.9 Å². The van der Waals surface area contributed by atoms with Gasteiger partial charge in [-0.1, -0.05) is 37.0 Å². The highest BCUT2D eigenvalue weighted by Crippen LogP contribution is 2.22. The average molecular weight is 425 g/mol. The van der Waals surface area contributed by atoms with Gasteiger partial charge in [-0.25, -0.2) is 5.43 Å². The molecule has 28 heavy (non-hydrogen) atoms. The Hall–Kier alpha value is -2.84. The van der Waals surface area contributed by atoms with Gasteiger partial charge in [0.05, 0.1) is 12.8 Å². The molecule has 0 fully saturated rings. The number of halogens is 2. The molecule has 8 nitrogen and oxygen atoms in total. The van der Waals surface area contributed by atoms with E-state index in [9.17, 15) is 14.4 Å². The molecule has 0 bridgehead atoms. The minimum Gasteiger partial charge on any atom is -0.458 e. The summed E-state index contributed by atoms with van der Waals surface area (Å²) in [5.74, 6) is -1.35. The molecule has 0 saturated carbocycles. The zero-order valence-electron chi connectivity index (χ0n) is 15.1. The molecule has 10 heteroatoms. The van der Waals surface area contributed by atoms with Gasteiger partial charge in [0.15, 0.2) is 0 Å². The number of nitrogens with zero attached hydrogens (tertiary/aromatic N) is 1. The van der Waals surface area contributed by atoms with Gasteiger partial charge in [0, 0.05) is 21.7 Å². The van der Waals surface area contributed by atoms with Crippen LogP contribution in [-0.4, -0.2) is 23.9 Å². The second kappa shape index (κ2) is 9.91. The number of furan rings is 1. The normalized spacial score (nSPS) is 10.9. The monoisotopic (exact) mass is 424 g/mol. The smallest absolute Gasteiger partial charge is 0.313 e. The summed E-state index contributed by atoms with van der Waals surface area (Å²) in [7, 11) is 0. The minimum absolute atomic E-state index is 0.00521. The van der Waals surface area contributed by atoms with E-state index in [4.69, 9.17) is 27.6 Å². The molecule has 2 rings (SSSR count). The Labute approximate surface area is 171 Å². The van der Waals surface area contributed by atoms with E-state index in [1.807, 2.05) is 0 Å². The fraction of sp³-hybridized carbons (Fsp3) is 0.222. The van der Waals surface area contributed by atoms with Crippen molar-refractivity contribution in [3.8, 4) is 0 Å². The third-order valence-corrected chi connectivity index (χ3v) is 3.76. The van der Waals surface area contributed by atoms with E-state index < -0.39 is 11.8 Å². The van der Waals surface area contributed by atoms with Crippen molar-refractivity contribution in [2.75, 3.05) is 5.32 Å². The van der Waals surface area contributed by atoms with E-state index in [0.29, 0.717) is 27.3 Å². The topological polar surface area (TPSA) is 113 Å². The minimum atomic E-state index is -0.872. The molecular weight excluding hydrogens is 407 g/mol. The van der Waals surface area contributed by atoms with Crippen molar-refractivity contribution < 1.29 is 18.8 Å². The van der Waals surface area contributed by atoms with E-state index in [1.54, 1.807) is 26.0 Å². The van der Waals surface area contributed by atoms with Crippen LogP contribution >= 0.6 is 23.2 Å². The summed E-state index contributed by atoms with van der Waals surface area (Å²) in [4.78, 5) is 35.2. The molecule has 148 valence electrons. The van der Waals surface area contributed by atoms with Crippen LogP contribution in [0.2, 0.25) is 10.0 Å². The molecule has 3 N–H and O–H groups in total. The second-order valence-electron chi connectivity index (χ2n) is 5.99. The van der Waals surface area contributed by atoms with Crippen molar-refractivity contribution in [2.24, 2.45) is 11.0 Å². The zero-order chi connectivity index (χ0) is 20.7. The van der Waals surface area contributed by atoms with Crippen LogP contribution in [0, 0.1) is 5.92 Å². The molecule has 2 aromatic rings. The lowest BCUT2D eigenvalue weighted by atomic mass is 10.2. The van der Waals surface area contributed by atoms with Crippen molar-refractivity contribution in [1.29, 1.82) is 0 Å². The van der Waals surface area contributed by atoms with E-state index in [-0.39, 0.29) is 18.4 Å². The Bertz CT molecular complexity index is 888. The van der Waals surface area contributed by atoms with Crippen LogP contribution in [-0.2, 0) is 20.9 Å². The first-order chi connectivity index (χ1) is 13.2. The molecular formula is C18H18Cl2N4O4. The first kappa shape index (κ1) is 21.5. The highest BCUT2D eigenvalue weighted by molar-refractivity contribution is 6.40. The molecule has 0 saturated heterocycles. The molecule has 1 aromatic carbocycles. The molecule has 1 aromatic heterocycles. The van der Waals surface area contributed by atoms with Gasteiger partial charge in [-0.15, -0.1) is 0 Å². The Morgan fingerprint density at radius 3 is 2.43 bits per heavy atom. The number of rotatable bonds is 6. The zero-order valence-corrected chi connectivity index (χ0v) is 16.6. The van der Waals surface area contributed by atoms with Gasteiger partial charge in [-0.3, -0.25) is 14.4 Å². The van der Waals surface area contributed by atoms with Crippen molar-refractivity contribution >= 4 is 52.8 Å². The quantitative estimate of drug-likeness (QED) is 0.375. The summed E-state index contributed by atoms with van der Waals surface area (Å²) in [5, 5.41) is 9.26. The first-order valence-corrected chi connectivity index (χ1v) is 8.97. The molecule has 0 atom stereocenters. The van der Waals surface area contributed by atoms with E-state index in [0.717, 1.165) is 0 Å². The number of benzene rings is 1. The predicted octanol–water partition coefficient (Wildman–Crippen LogP) is 2.95. The summed E-state index contributed by atoms with van der Waals surface area (Å²) in [6.45, 7) is 3.49. The lowest BCUT2D eigenvalue weighted by Crippen LogP contribution is -2.34. The third-order valence-electron chi connectivity index (χ3n) is 3.32. The number of hydrogen-bond donors (Lipinski definition) is 3. The van der Waals surface area contributed by atoms with Gasteiger partial charge < -0.3 is 15.1 Å². The summed E-state index contributed by atoms with van der Waals surface area (Å²) >= 11 is 11.7. The lowest BCUT2D eigenvalue weighted by molar-refractivity contribution is -0.136. The molecule has 0 aliphatic heterocycles. The number of hydrogen-bond acceptors (Lipinski definition) is 5. The maximum atomic E-state index is 11.9. The van der Waals surface area contributed by atoms with Gasteiger partial charge in [0.2, 0.25) is 5.91 Å². The Kier molecular flexibility index (Phi) is 7.60. The lowest BCUT2D eigenvalue weighted by Gasteiger charge is -2.06. The number of carbonyl (C=O) groups is 3. The number of amides is 3. The van der Waals surface area contributed by atoms with Crippen LogP contribution in [0.25, 0.3) is 0 Å². The molecule has 1 heterocycles. The summed E-state index contributed by atoms with van der Waals surface area (Å²) in [6, 6.07) is 7.66. The van der Waals surface area contributed by atoms with Gasteiger partial charge in [-0.05, 0) is 30.3 Å². The SMILES string of the molecule is CC(C)C(=O)N/N=C\c1ccc(CNC(=O)C(=O)Nc2cc(Cl)cc(Cl)c2)o1. The standard InChI is InChI=1S/C18H18Cl2N4O4/c1-10(2)16(25)24-22-9-15-4-3-14(28-15)8-21-17(26)18(27)23-13-6-11(19)5-12(20)7-13/h3-7,9-10H,8H2,1-2H3,(H,21,26)(H,23,27)(H,24,25)/b22-9-. The van der Waals surface area contributed by atoms with Crippen LogP contribution in [0.15, 0.2) is 39.9 Å². The fourth-order valence-electron chi connectivity index (χ4n) is 1.91. The van der Waals surface area contributed by atoms with Crippen LogP contribution in [0.5, 0.6) is 0 Å². The van der Waals surface area contributed by atoms with Crippen molar-refractivity contribution in [1.82, 2.24) is 10.7 Å². The maximum Gasteiger partial charge on any atom is 0.313 e. The molecule has 0 aliphatic carbocycles. The predicted molar refractivity (Wildman–Crippen MR) is 106 cm³/mol. The third kappa shape index (κ3) is 6.71. The van der Waals surface area contributed by atoms with E-state index in [2.05, 4.69) is 21.2 Å². The second-order valence-corrected chi connectivity index (χ2v) is 6.86. The number of anilines is 1. The fourth-order valence-corrected chi connectivity index (χ4v) is 2.44. The van der Waals surface area contributed by atoms with Crippen LogP contribution in [0.4, 0.5) is 5.69 Å². The van der Waals surface area contributed by atoms with E-state index in [1.165, 1.54) is 24.4 Å². The highest BCUT2D eigenvalue weighted by atomic mass is 35.5. The Balaban J connectivity index is 1.84. The van der Waals surface area contributed by atoms with Gasteiger partial charge in [-0.2, -0.15) is 5.10 Å². The molecule has 0 radical (unpaired) electrons. The molecule has 0 spiro atoms.